The van der Waals surface area contributed by atoms with Crippen molar-refractivity contribution in [1.29, 1.82) is 0 Å². The van der Waals surface area contributed by atoms with Crippen molar-refractivity contribution >= 4 is 33.7 Å². The van der Waals surface area contributed by atoms with Crippen LogP contribution in [0.4, 0.5) is 4.79 Å². The van der Waals surface area contributed by atoms with Crippen LogP contribution in [0.3, 0.4) is 0 Å². The number of ketones is 1. The van der Waals surface area contributed by atoms with Crippen molar-refractivity contribution in [3.63, 3.8) is 0 Å². The number of nitrogens with zero attached hydrogens (tertiary/aromatic N) is 2. The minimum absolute atomic E-state index is 0.0967. The number of hydrogen-bond donors (Lipinski definition) is 1. The second-order valence-corrected chi connectivity index (χ2v) is 9.50. The highest BCUT2D eigenvalue weighted by atomic mass is 79.9. The Kier molecular flexibility index (Phi) is 5.22. The van der Waals surface area contributed by atoms with E-state index >= 15 is 0 Å². The van der Waals surface area contributed by atoms with Crippen LogP contribution in [0.25, 0.3) is 0 Å². The third-order valence-electron chi connectivity index (χ3n) is 5.38. The molecule has 1 aliphatic heterocycles. The van der Waals surface area contributed by atoms with Gasteiger partial charge in [0.25, 0.3) is 5.91 Å². The lowest BCUT2D eigenvalue weighted by atomic mass is 10.0. The molecule has 0 saturated heterocycles. The highest BCUT2D eigenvalue weighted by Crippen LogP contribution is 2.38. The fourth-order valence-corrected chi connectivity index (χ4v) is 4.79. The van der Waals surface area contributed by atoms with Gasteiger partial charge in [0.15, 0.2) is 5.78 Å². The zero-order chi connectivity index (χ0) is 21.6. The van der Waals surface area contributed by atoms with Gasteiger partial charge < -0.3 is 14.6 Å². The summed E-state index contributed by atoms with van der Waals surface area (Å²) in [5.41, 5.74) is 0.674. The van der Waals surface area contributed by atoms with Gasteiger partial charge >= 0.3 is 6.09 Å². The van der Waals surface area contributed by atoms with Crippen molar-refractivity contribution < 1.29 is 19.1 Å². The second kappa shape index (κ2) is 7.58. The van der Waals surface area contributed by atoms with E-state index in [4.69, 9.17) is 4.74 Å². The van der Waals surface area contributed by atoms with Gasteiger partial charge in [0.1, 0.15) is 17.3 Å². The summed E-state index contributed by atoms with van der Waals surface area (Å²) in [5, 5.41) is 2.96. The third kappa shape index (κ3) is 3.76. The molecule has 1 aliphatic carbocycles. The number of carbonyl (C=O) groups excluding carboxylic acids is 3. The highest BCUT2D eigenvalue weighted by molar-refractivity contribution is 9.10. The van der Waals surface area contributed by atoms with Crippen LogP contribution in [0.2, 0.25) is 0 Å². The molecule has 1 fully saturated rings. The van der Waals surface area contributed by atoms with E-state index in [2.05, 4.69) is 21.2 Å². The first-order valence-corrected chi connectivity index (χ1v) is 10.7. The predicted octanol–water partition coefficient (Wildman–Crippen LogP) is 3.68. The number of nitrogens with one attached hydrogen (secondary N) is 1. The molecule has 1 N–H and O–H groups in total. The SMILES string of the molecule is CC(C)(C)OC(=O)N(Cc1ccccc1)[C@@H]1C(=O)C[C@@H]2[C@H]1NC(=O)c1ccc(Br)n12. The lowest BCUT2D eigenvalue weighted by Gasteiger charge is -2.37. The van der Waals surface area contributed by atoms with E-state index in [0.29, 0.717) is 5.69 Å². The summed E-state index contributed by atoms with van der Waals surface area (Å²) in [5.74, 6) is -0.356. The Hall–Kier alpha value is -2.61. The monoisotopic (exact) mass is 473 g/mol. The Morgan fingerprint density at radius 2 is 1.90 bits per heavy atom. The van der Waals surface area contributed by atoms with E-state index in [1.54, 1.807) is 32.9 Å². The molecule has 2 aromatic rings. The number of fused-ring (bicyclic) bond motifs is 3. The molecule has 2 heterocycles. The molecule has 1 saturated carbocycles. The predicted molar refractivity (Wildman–Crippen MR) is 114 cm³/mol. The van der Waals surface area contributed by atoms with Crippen LogP contribution < -0.4 is 5.32 Å². The molecule has 0 unspecified atom stereocenters. The number of benzene rings is 1. The number of halogens is 1. The van der Waals surface area contributed by atoms with Crippen molar-refractivity contribution in [2.45, 2.75) is 57.5 Å². The van der Waals surface area contributed by atoms with Gasteiger partial charge in [-0.25, -0.2) is 4.79 Å². The minimum Gasteiger partial charge on any atom is -0.444 e. The average molecular weight is 474 g/mol. The number of hydrogen-bond acceptors (Lipinski definition) is 4. The zero-order valence-corrected chi connectivity index (χ0v) is 18.7. The number of amides is 2. The highest BCUT2D eigenvalue weighted by Gasteiger charge is 2.52. The fraction of sp³-hybridized carbons (Fsp3) is 0.409. The molecule has 1 aromatic carbocycles. The van der Waals surface area contributed by atoms with Gasteiger partial charge in [-0.05, 0) is 54.4 Å². The van der Waals surface area contributed by atoms with Gasteiger partial charge in [0, 0.05) is 13.0 Å². The maximum atomic E-state index is 13.2. The van der Waals surface area contributed by atoms with Gasteiger partial charge in [-0.2, -0.15) is 0 Å². The summed E-state index contributed by atoms with van der Waals surface area (Å²) >= 11 is 3.48. The molecule has 158 valence electrons. The third-order valence-corrected chi connectivity index (χ3v) is 6.03. The van der Waals surface area contributed by atoms with E-state index < -0.39 is 23.8 Å². The zero-order valence-electron chi connectivity index (χ0n) is 17.1. The Labute approximate surface area is 183 Å². The van der Waals surface area contributed by atoms with Crippen LogP contribution >= 0.6 is 15.9 Å². The number of Topliss-reactive ketones (excluding diaryl/α,β-unsaturated/α-hetero) is 1. The van der Waals surface area contributed by atoms with Crippen LogP contribution in [0, 0.1) is 0 Å². The maximum Gasteiger partial charge on any atom is 0.411 e. The van der Waals surface area contributed by atoms with Crippen molar-refractivity contribution in [1.82, 2.24) is 14.8 Å². The van der Waals surface area contributed by atoms with Gasteiger partial charge in [-0.3, -0.25) is 14.5 Å². The van der Waals surface area contributed by atoms with E-state index in [0.717, 1.165) is 10.2 Å². The van der Waals surface area contributed by atoms with Crippen LogP contribution in [0.15, 0.2) is 47.1 Å². The topological polar surface area (TPSA) is 80.6 Å². The average Bonchev–Trinajstić information content (AvgIpc) is 3.20. The normalized spacial score (nSPS) is 22.9. The number of ether oxygens (including phenoxy) is 1. The fourth-order valence-electron chi connectivity index (χ4n) is 4.21. The minimum atomic E-state index is -0.809. The Balaban J connectivity index is 1.71. The summed E-state index contributed by atoms with van der Waals surface area (Å²) < 4.78 is 8.21. The first kappa shape index (κ1) is 20.7. The molecule has 3 atom stereocenters. The van der Waals surface area contributed by atoms with Crippen LogP contribution in [-0.2, 0) is 16.1 Å². The number of aromatic nitrogens is 1. The number of rotatable bonds is 3. The molecule has 0 bridgehead atoms. The largest absolute Gasteiger partial charge is 0.444 e. The molecule has 4 rings (SSSR count). The van der Waals surface area contributed by atoms with Gasteiger partial charge in [0.05, 0.1) is 16.7 Å². The second-order valence-electron chi connectivity index (χ2n) is 8.69. The summed E-state index contributed by atoms with van der Waals surface area (Å²) in [4.78, 5) is 40.4. The van der Waals surface area contributed by atoms with E-state index in [-0.39, 0.29) is 30.7 Å². The van der Waals surface area contributed by atoms with Crippen molar-refractivity contribution in [2.75, 3.05) is 0 Å². The summed E-state index contributed by atoms with van der Waals surface area (Å²) in [6.45, 7) is 5.58. The molecular weight excluding hydrogens is 450 g/mol. The van der Waals surface area contributed by atoms with Crippen LogP contribution in [0.5, 0.6) is 0 Å². The Morgan fingerprint density at radius 3 is 2.57 bits per heavy atom. The van der Waals surface area contributed by atoms with Crippen molar-refractivity contribution in [3.8, 4) is 0 Å². The molecule has 2 amide bonds. The number of carbonyl (C=O) groups is 3. The lowest BCUT2D eigenvalue weighted by Crippen LogP contribution is -2.57. The molecular formula is C22H24BrN3O4. The Bertz CT molecular complexity index is 996. The van der Waals surface area contributed by atoms with Gasteiger partial charge in [-0.1, -0.05) is 30.3 Å². The quantitative estimate of drug-likeness (QED) is 0.736. The molecule has 0 radical (unpaired) electrons. The Morgan fingerprint density at radius 1 is 1.20 bits per heavy atom. The first-order valence-electron chi connectivity index (χ1n) is 9.89. The van der Waals surface area contributed by atoms with E-state index in [9.17, 15) is 14.4 Å². The van der Waals surface area contributed by atoms with Gasteiger partial charge in [-0.15, -0.1) is 0 Å². The molecule has 0 spiro atoms. The van der Waals surface area contributed by atoms with Gasteiger partial charge in [0.2, 0.25) is 0 Å². The molecule has 7 nitrogen and oxygen atoms in total. The summed E-state index contributed by atoms with van der Waals surface area (Å²) in [7, 11) is 0. The molecule has 1 aromatic heterocycles. The smallest absolute Gasteiger partial charge is 0.411 e. The molecule has 30 heavy (non-hydrogen) atoms. The lowest BCUT2D eigenvalue weighted by molar-refractivity contribution is -0.122. The standard InChI is InChI=1S/C22H24BrN3O4/c1-22(2,3)30-21(29)25(12-13-7-5-4-6-8-13)19-16(27)11-15-18(19)24-20(28)14-9-10-17(23)26(14)15/h4-10,15,18-19H,11-12H2,1-3H3,(H,24,28)/t15-,18-,19-/m1/s1. The molecule has 8 heteroatoms. The van der Waals surface area contributed by atoms with Crippen molar-refractivity contribution in [2.24, 2.45) is 0 Å². The van der Waals surface area contributed by atoms with Crippen molar-refractivity contribution in [3.05, 3.63) is 58.3 Å². The maximum absolute atomic E-state index is 13.2. The summed E-state index contributed by atoms with van der Waals surface area (Å²) in [6, 6.07) is 11.4. The first-order chi connectivity index (χ1) is 14.2. The summed E-state index contributed by atoms with van der Waals surface area (Å²) in [6.07, 6.45) is -0.346. The molecule has 2 aliphatic rings. The van der Waals surface area contributed by atoms with Crippen LogP contribution in [-0.4, -0.2) is 44.9 Å². The van der Waals surface area contributed by atoms with E-state index in [1.807, 2.05) is 34.9 Å². The van der Waals surface area contributed by atoms with Crippen LogP contribution in [0.1, 0.15) is 49.3 Å². The van der Waals surface area contributed by atoms with E-state index in [1.165, 1.54) is 4.90 Å².